The number of aliphatic carboxylic acids is 1. The van der Waals surface area contributed by atoms with Crippen LogP contribution in [0.25, 0.3) is 0 Å². The maximum absolute atomic E-state index is 12.7. The van der Waals surface area contributed by atoms with Crippen molar-refractivity contribution in [3.05, 3.63) is 35.0 Å². The highest BCUT2D eigenvalue weighted by molar-refractivity contribution is 7.98. The van der Waals surface area contributed by atoms with Crippen molar-refractivity contribution in [1.82, 2.24) is 5.32 Å². The largest absolute Gasteiger partial charge is 0.595 e. The van der Waals surface area contributed by atoms with E-state index in [1.54, 1.807) is 32.5 Å². The van der Waals surface area contributed by atoms with Gasteiger partial charge in [0.2, 0.25) is 6.10 Å². The Balaban J connectivity index is 3.10. The number of carboxylic acid groups (broad SMARTS) is 1. The summed E-state index contributed by atoms with van der Waals surface area (Å²) in [6.45, 7) is 4.83. The lowest BCUT2D eigenvalue weighted by Gasteiger charge is -2.26. The first-order chi connectivity index (χ1) is 14.0. The van der Waals surface area contributed by atoms with Crippen molar-refractivity contribution < 1.29 is 39.4 Å². The molecular formula is C19H28N2O8S. The van der Waals surface area contributed by atoms with Crippen molar-refractivity contribution in [2.24, 2.45) is 0 Å². The fourth-order valence-corrected chi connectivity index (χ4v) is 2.94. The molecule has 168 valence electrons. The van der Waals surface area contributed by atoms with Gasteiger partial charge in [0.1, 0.15) is 11.6 Å². The molecule has 0 saturated heterocycles. The van der Waals surface area contributed by atoms with Crippen LogP contribution in [-0.2, 0) is 19.1 Å². The van der Waals surface area contributed by atoms with Gasteiger partial charge in [0.05, 0.1) is 5.56 Å². The number of hydrogen-bond donors (Lipinski definition) is 4. The van der Waals surface area contributed by atoms with E-state index in [0.717, 1.165) is 0 Å². The molecule has 1 amide bonds. The Morgan fingerprint density at radius 3 is 2.43 bits per heavy atom. The maximum atomic E-state index is 12.7. The van der Waals surface area contributed by atoms with Gasteiger partial charge in [0.15, 0.2) is 5.69 Å². The second kappa shape index (κ2) is 11.7. The molecule has 0 aliphatic carbocycles. The van der Waals surface area contributed by atoms with Crippen LogP contribution < -0.4 is 10.5 Å². The molecule has 0 spiro atoms. The number of carbonyl (C=O) groups is 3. The number of amides is 1. The van der Waals surface area contributed by atoms with Gasteiger partial charge in [0, 0.05) is 6.07 Å². The zero-order valence-electron chi connectivity index (χ0n) is 17.3. The van der Waals surface area contributed by atoms with E-state index in [9.17, 15) is 29.9 Å². The molecule has 10 nitrogen and oxygen atoms in total. The van der Waals surface area contributed by atoms with Crippen molar-refractivity contribution in [2.75, 3.05) is 12.0 Å². The number of rotatable bonds is 10. The Hall–Kier alpha value is -2.34. The van der Waals surface area contributed by atoms with Crippen LogP contribution in [0.2, 0.25) is 0 Å². The summed E-state index contributed by atoms with van der Waals surface area (Å²) in [6, 6.07) is 4.34. The number of carboxylic acids is 1. The lowest BCUT2D eigenvalue weighted by atomic mass is 10.1. The lowest BCUT2D eigenvalue weighted by molar-refractivity contribution is -0.991. The third kappa shape index (κ3) is 8.57. The third-order valence-electron chi connectivity index (χ3n) is 3.75. The number of carbonyl (C=O) groups excluding carboxylic acids is 2. The summed E-state index contributed by atoms with van der Waals surface area (Å²) < 4.78 is 10.4. The summed E-state index contributed by atoms with van der Waals surface area (Å²) in [7, 11) is 0. The van der Waals surface area contributed by atoms with Gasteiger partial charge in [-0.15, -0.1) is 0 Å². The number of esters is 1. The predicted molar refractivity (Wildman–Crippen MR) is 109 cm³/mol. The van der Waals surface area contributed by atoms with Gasteiger partial charge in [-0.1, -0.05) is 12.1 Å². The lowest BCUT2D eigenvalue weighted by Crippen LogP contribution is -2.99. The van der Waals surface area contributed by atoms with Gasteiger partial charge in [-0.2, -0.15) is 17.0 Å². The molecule has 2 unspecified atom stereocenters. The van der Waals surface area contributed by atoms with Crippen LogP contribution in [0, 0.1) is 5.21 Å². The van der Waals surface area contributed by atoms with Crippen LogP contribution in [-0.4, -0.2) is 52.0 Å². The molecule has 0 radical (unpaired) electrons. The molecule has 0 saturated carbocycles. The van der Waals surface area contributed by atoms with E-state index >= 15 is 0 Å². The van der Waals surface area contributed by atoms with Crippen molar-refractivity contribution >= 4 is 35.5 Å². The molecule has 0 aromatic heterocycles. The summed E-state index contributed by atoms with van der Waals surface area (Å²) in [5.74, 6) is -1.50. The van der Waals surface area contributed by atoms with Gasteiger partial charge < -0.3 is 25.1 Å². The minimum absolute atomic E-state index is 0.0799. The molecule has 4 N–H and O–H groups in total. The van der Waals surface area contributed by atoms with Crippen molar-refractivity contribution in [3.8, 4) is 0 Å². The highest BCUT2D eigenvalue weighted by Crippen LogP contribution is 2.27. The Bertz CT molecular complexity index is 735. The Labute approximate surface area is 179 Å². The molecule has 0 fully saturated rings. The van der Waals surface area contributed by atoms with E-state index in [1.165, 1.54) is 24.3 Å². The minimum atomic E-state index is -1.68. The fraction of sp³-hybridized carbons (Fsp3) is 0.526. The van der Waals surface area contributed by atoms with Crippen LogP contribution in [0.5, 0.6) is 0 Å². The van der Waals surface area contributed by atoms with Crippen LogP contribution in [0.3, 0.4) is 0 Å². The van der Waals surface area contributed by atoms with Gasteiger partial charge in [-0.05, 0) is 51.7 Å². The van der Waals surface area contributed by atoms with Crippen LogP contribution >= 0.6 is 11.8 Å². The molecular weight excluding hydrogens is 416 g/mol. The average molecular weight is 445 g/mol. The summed E-state index contributed by atoms with van der Waals surface area (Å²) in [6.07, 6.45) is -0.244. The second-order valence-electron chi connectivity index (χ2n) is 7.38. The maximum Gasteiger partial charge on any atom is 0.409 e. The Morgan fingerprint density at radius 2 is 1.90 bits per heavy atom. The van der Waals surface area contributed by atoms with E-state index in [2.05, 4.69) is 5.32 Å². The number of alkyl carbamates (subject to hydrolysis) is 1. The molecule has 11 heteroatoms. The van der Waals surface area contributed by atoms with Crippen molar-refractivity contribution in [3.63, 3.8) is 0 Å². The third-order valence-corrected chi connectivity index (χ3v) is 4.45. The van der Waals surface area contributed by atoms with Gasteiger partial charge >= 0.3 is 18.0 Å². The van der Waals surface area contributed by atoms with Gasteiger partial charge in [-0.25, -0.2) is 19.6 Å². The fourth-order valence-electron chi connectivity index (χ4n) is 2.49. The number of para-hydroxylation sites is 1. The van der Waals surface area contributed by atoms with Crippen LogP contribution in [0.1, 0.15) is 45.3 Å². The standard InChI is InChI=1S/C19H28N2O8S/c1-19(2,3)29-17(24)15(12-8-5-6-10-14(12)21(26)27)28-18(25)20-13(16(22)23)9-7-11-30-4/h5-6,8,10,13,15,21,26H,7,9,11H2,1-4H3,(H,20,25)(H,22,23)/t13-,15?/m0/s1. The highest BCUT2D eigenvalue weighted by atomic mass is 32.2. The Kier molecular flexibility index (Phi) is 10.1. The SMILES string of the molecule is CSCCC[C@H](NC(=O)OC(C(=O)OC(C)(C)C)c1ccccc1[NH+]([O-])O)C(=O)O. The summed E-state index contributed by atoms with van der Waals surface area (Å²) in [4.78, 5) is 36.4. The smallest absolute Gasteiger partial charge is 0.409 e. The molecule has 1 aromatic carbocycles. The zero-order valence-corrected chi connectivity index (χ0v) is 18.2. The molecule has 30 heavy (non-hydrogen) atoms. The normalized spacial score (nSPS) is 14.3. The van der Waals surface area contributed by atoms with E-state index in [4.69, 9.17) is 9.47 Å². The second-order valence-corrected chi connectivity index (χ2v) is 8.37. The number of nitrogens with one attached hydrogen (secondary N) is 2. The molecule has 0 aliphatic heterocycles. The van der Waals surface area contributed by atoms with Gasteiger partial charge in [0.25, 0.3) is 0 Å². The quantitative estimate of drug-likeness (QED) is 0.241. The van der Waals surface area contributed by atoms with Crippen molar-refractivity contribution in [1.29, 1.82) is 0 Å². The topological polar surface area (TPSA) is 150 Å². The molecule has 1 aromatic rings. The van der Waals surface area contributed by atoms with E-state index in [1.807, 2.05) is 6.26 Å². The summed E-state index contributed by atoms with van der Waals surface area (Å²) in [5.41, 5.74) is -1.24. The number of ether oxygens (including phenoxy) is 2. The number of hydrogen-bond acceptors (Lipinski definition) is 8. The van der Waals surface area contributed by atoms with E-state index < -0.39 is 41.0 Å². The molecule has 0 aliphatic rings. The van der Waals surface area contributed by atoms with Crippen LogP contribution in [0.15, 0.2) is 24.3 Å². The Morgan fingerprint density at radius 1 is 1.27 bits per heavy atom. The summed E-state index contributed by atoms with van der Waals surface area (Å²) >= 11 is 1.54. The van der Waals surface area contributed by atoms with Gasteiger partial charge in [-0.3, -0.25) is 0 Å². The molecule has 3 atom stereocenters. The first kappa shape index (κ1) is 25.7. The highest BCUT2D eigenvalue weighted by Gasteiger charge is 2.34. The zero-order chi connectivity index (χ0) is 22.9. The predicted octanol–water partition coefficient (Wildman–Crippen LogP) is 1.80. The van der Waals surface area contributed by atoms with E-state index in [-0.39, 0.29) is 17.7 Å². The first-order valence-electron chi connectivity index (χ1n) is 9.20. The number of quaternary nitrogens is 1. The number of thioether (sulfide) groups is 1. The number of benzene rings is 1. The summed E-state index contributed by atoms with van der Waals surface area (Å²) in [5, 5.41) is 31.2. The molecule has 1 rings (SSSR count). The monoisotopic (exact) mass is 444 g/mol. The minimum Gasteiger partial charge on any atom is -0.595 e. The van der Waals surface area contributed by atoms with Crippen molar-refractivity contribution in [2.45, 2.75) is 51.4 Å². The van der Waals surface area contributed by atoms with E-state index in [0.29, 0.717) is 12.2 Å². The first-order valence-corrected chi connectivity index (χ1v) is 10.6. The molecule has 0 bridgehead atoms. The van der Waals surface area contributed by atoms with Crippen LogP contribution in [0.4, 0.5) is 10.5 Å². The average Bonchev–Trinajstić information content (AvgIpc) is 2.63. The molecule has 0 heterocycles.